The summed E-state index contributed by atoms with van der Waals surface area (Å²) >= 11 is 3.40. The van der Waals surface area contributed by atoms with Crippen molar-refractivity contribution >= 4 is 34.3 Å². The fourth-order valence-electron chi connectivity index (χ4n) is 4.75. The van der Waals surface area contributed by atoms with Gasteiger partial charge < -0.3 is 15.1 Å². The first-order chi connectivity index (χ1) is 16.0. The van der Waals surface area contributed by atoms with Gasteiger partial charge in [0.2, 0.25) is 0 Å². The Balaban J connectivity index is 1.28. The van der Waals surface area contributed by atoms with E-state index in [-0.39, 0.29) is 5.91 Å². The van der Waals surface area contributed by atoms with Gasteiger partial charge in [0.25, 0.3) is 5.91 Å². The number of nitrogens with zero attached hydrogens (tertiary/aromatic N) is 3. The molecule has 4 rings (SSSR count). The number of nitrogens with one attached hydrogen (secondary N) is 1. The van der Waals surface area contributed by atoms with Gasteiger partial charge >= 0.3 is 0 Å². The van der Waals surface area contributed by atoms with Crippen molar-refractivity contribution in [2.75, 3.05) is 24.5 Å². The quantitative estimate of drug-likeness (QED) is 0.437. The van der Waals surface area contributed by atoms with Crippen LogP contribution >= 0.6 is 22.7 Å². The number of thiophene rings is 2. The Morgan fingerprint density at radius 3 is 2.73 bits per heavy atom. The zero-order valence-corrected chi connectivity index (χ0v) is 21.4. The number of anilines is 1. The van der Waals surface area contributed by atoms with Crippen molar-refractivity contribution in [3.8, 4) is 0 Å². The largest absolute Gasteiger partial charge is 0.363 e. The molecule has 0 radical (unpaired) electrons. The Morgan fingerprint density at radius 1 is 1.27 bits per heavy atom. The van der Waals surface area contributed by atoms with E-state index >= 15 is 0 Å². The van der Waals surface area contributed by atoms with Crippen molar-refractivity contribution in [3.63, 3.8) is 0 Å². The number of likely N-dealkylation sites (tertiary alicyclic amines) is 1. The van der Waals surface area contributed by atoms with Crippen LogP contribution in [0.1, 0.15) is 52.5 Å². The molecule has 1 aliphatic rings. The lowest BCUT2D eigenvalue weighted by Crippen LogP contribution is -2.48. The molecule has 0 bridgehead atoms. The number of amides is 1. The van der Waals surface area contributed by atoms with Crippen LogP contribution in [-0.2, 0) is 6.54 Å². The van der Waals surface area contributed by atoms with E-state index in [4.69, 9.17) is 0 Å². The van der Waals surface area contributed by atoms with E-state index in [2.05, 4.69) is 55.3 Å². The number of hydrogen-bond donors (Lipinski definition) is 1. The minimum absolute atomic E-state index is 0.0673. The van der Waals surface area contributed by atoms with E-state index in [0.717, 1.165) is 54.9 Å². The maximum Gasteiger partial charge on any atom is 0.252 e. The minimum atomic E-state index is 0.0673. The second-order valence-corrected chi connectivity index (χ2v) is 10.8. The molecule has 0 saturated carbocycles. The molecule has 33 heavy (non-hydrogen) atoms. The Bertz CT molecular complexity index is 991. The Hall–Kier alpha value is -2.22. The highest BCUT2D eigenvalue weighted by atomic mass is 32.1. The van der Waals surface area contributed by atoms with Crippen LogP contribution in [0.5, 0.6) is 0 Å². The van der Waals surface area contributed by atoms with E-state index < -0.39 is 0 Å². The molecule has 5 nitrogen and oxygen atoms in total. The summed E-state index contributed by atoms with van der Waals surface area (Å²) in [5.74, 6) is 0.0673. The first-order valence-electron chi connectivity index (χ1n) is 11.8. The van der Waals surface area contributed by atoms with Crippen LogP contribution in [0.3, 0.4) is 0 Å². The van der Waals surface area contributed by atoms with Gasteiger partial charge in [0, 0.05) is 49.3 Å². The lowest BCUT2D eigenvalue weighted by molar-refractivity contribution is 0.0944. The molecule has 4 heterocycles. The number of hydrogen-bond acceptors (Lipinski definition) is 6. The third-order valence-electron chi connectivity index (χ3n) is 6.71. The zero-order chi connectivity index (χ0) is 23.2. The van der Waals surface area contributed by atoms with Gasteiger partial charge in [-0.05, 0) is 85.5 Å². The summed E-state index contributed by atoms with van der Waals surface area (Å²) in [7, 11) is 0. The van der Waals surface area contributed by atoms with Crippen LogP contribution in [0.15, 0.2) is 46.7 Å². The van der Waals surface area contributed by atoms with Crippen molar-refractivity contribution in [1.29, 1.82) is 0 Å². The standard InChI is InChI=1S/C26H34N4OS2/c1-19-17-33-21(3)25(19)26(31)28-11-6-20(2)29-12-7-23(8-13-29)30(16-22-9-14-32-18-22)24-5-4-10-27-15-24/h4-5,9-10,14-15,17-18,20,23H,6-8,11-13,16H2,1-3H3,(H,28,31). The maximum absolute atomic E-state index is 12.6. The van der Waals surface area contributed by atoms with Gasteiger partial charge in [-0.1, -0.05) is 0 Å². The lowest BCUT2D eigenvalue weighted by atomic mass is 9.99. The summed E-state index contributed by atoms with van der Waals surface area (Å²) in [6, 6.07) is 7.40. The first kappa shape index (κ1) is 23.9. The molecule has 7 heteroatoms. The number of carbonyl (C=O) groups is 1. The molecule has 176 valence electrons. The van der Waals surface area contributed by atoms with Crippen LogP contribution in [0.2, 0.25) is 0 Å². The molecule has 1 N–H and O–H groups in total. The zero-order valence-electron chi connectivity index (χ0n) is 19.8. The number of pyridine rings is 1. The van der Waals surface area contributed by atoms with Crippen LogP contribution in [0.25, 0.3) is 0 Å². The van der Waals surface area contributed by atoms with E-state index in [9.17, 15) is 4.79 Å². The van der Waals surface area contributed by atoms with Crippen LogP contribution in [0.4, 0.5) is 5.69 Å². The molecule has 0 aromatic carbocycles. The SMILES string of the molecule is Cc1csc(C)c1C(=O)NCCC(C)N1CCC(N(Cc2ccsc2)c2cccnc2)CC1. The molecular formula is C26H34N4OS2. The van der Waals surface area contributed by atoms with Gasteiger partial charge in [0.05, 0.1) is 17.4 Å². The predicted molar refractivity (Wildman–Crippen MR) is 140 cm³/mol. The van der Waals surface area contributed by atoms with Crippen molar-refractivity contribution in [1.82, 2.24) is 15.2 Å². The summed E-state index contributed by atoms with van der Waals surface area (Å²) in [6.07, 6.45) is 7.09. The summed E-state index contributed by atoms with van der Waals surface area (Å²) < 4.78 is 0. The lowest BCUT2D eigenvalue weighted by Gasteiger charge is -2.41. The summed E-state index contributed by atoms with van der Waals surface area (Å²) in [5.41, 5.74) is 4.50. The first-order valence-corrected chi connectivity index (χ1v) is 13.6. The van der Waals surface area contributed by atoms with Gasteiger partial charge in [-0.25, -0.2) is 0 Å². The van der Waals surface area contributed by atoms with E-state index in [1.807, 2.05) is 32.3 Å². The Morgan fingerprint density at radius 2 is 2.09 bits per heavy atom. The second-order valence-electron chi connectivity index (χ2n) is 8.98. The van der Waals surface area contributed by atoms with Gasteiger partial charge in [0.15, 0.2) is 0 Å². The van der Waals surface area contributed by atoms with Crippen molar-refractivity contribution in [3.05, 3.63) is 68.3 Å². The molecule has 1 atom stereocenters. The normalized spacial score (nSPS) is 16.0. The fourth-order valence-corrected chi connectivity index (χ4v) is 6.25. The number of rotatable bonds is 9. The average Bonchev–Trinajstić information content (AvgIpc) is 3.47. The van der Waals surface area contributed by atoms with Gasteiger partial charge in [-0.15, -0.1) is 11.3 Å². The molecule has 0 spiro atoms. The number of aromatic nitrogens is 1. The van der Waals surface area contributed by atoms with Crippen LogP contribution in [0, 0.1) is 13.8 Å². The molecule has 1 unspecified atom stereocenters. The summed E-state index contributed by atoms with van der Waals surface area (Å²) in [6.45, 7) is 10.1. The third kappa shape index (κ3) is 6.02. The molecule has 3 aromatic heterocycles. The summed E-state index contributed by atoms with van der Waals surface area (Å²) in [4.78, 5) is 23.1. The van der Waals surface area contributed by atoms with E-state index in [1.165, 1.54) is 11.3 Å². The predicted octanol–water partition coefficient (Wildman–Crippen LogP) is 5.50. The molecule has 1 saturated heterocycles. The maximum atomic E-state index is 12.6. The molecule has 3 aromatic rings. The Labute approximate surface area is 205 Å². The van der Waals surface area contributed by atoms with Crippen molar-refractivity contribution in [2.45, 2.75) is 58.7 Å². The fraction of sp³-hybridized carbons (Fsp3) is 0.462. The molecule has 1 amide bonds. The smallest absolute Gasteiger partial charge is 0.252 e. The van der Waals surface area contributed by atoms with Gasteiger partial charge in [-0.2, -0.15) is 11.3 Å². The van der Waals surface area contributed by atoms with Crippen molar-refractivity contribution < 1.29 is 4.79 Å². The average molecular weight is 483 g/mol. The topological polar surface area (TPSA) is 48.5 Å². The summed E-state index contributed by atoms with van der Waals surface area (Å²) in [5, 5.41) is 9.59. The van der Waals surface area contributed by atoms with E-state index in [1.54, 1.807) is 22.7 Å². The second kappa shape index (κ2) is 11.3. The molecule has 1 aliphatic heterocycles. The Kier molecular flexibility index (Phi) is 8.17. The highest BCUT2D eigenvalue weighted by Crippen LogP contribution is 2.27. The molecule has 0 aliphatic carbocycles. The minimum Gasteiger partial charge on any atom is -0.363 e. The molecule has 1 fully saturated rings. The van der Waals surface area contributed by atoms with Gasteiger partial charge in [-0.3, -0.25) is 9.78 Å². The van der Waals surface area contributed by atoms with Crippen LogP contribution < -0.4 is 10.2 Å². The monoisotopic (exact) mass is 482 g/mol. The van der Waals surface area contributed by atoms with Crippen molar-refractivity contribution in [2.24, 2.45) is 0 Å². The van der Waals surface area contributed by atoms with E-state index in [0.29, 0.717) is 18.6 Å². The third-order valence-corrected chi connectivity index (χ3v) is 8.47. The van der Waals surface area contributed by atoms with Crippen LogP contribution in [-0.4, -0.2) is 47.5 Å². The highest BCUT2D eigenvalue weighted by Gasteiger charge is 2.27. The number of carbonyl (C=O) groups excluding carboxylic acids is 1. The molecular weight excluding hydrogens is 448 g/mol. The number of aryl methyl sites for hydroxylation is 2. The highest BCUT2D eigenvalue weighted by molar-refractivity contribution is 7.10. The van der Waals surface area contributed by atoms with Gasteiger partial charge in [0.1, 0.15) is 0 Å². The number of piperidine rings is 1.